The maximum atomic E-state index is 9.74. The van der Waals surface area contributed by atoms with Crippen molar-refractivity contribution in [3.05, 3.63) is 29.3 Å². The Balaban J connectivity index is 1.70. The van der Waals surface area contributed by atoms with Gasteiger partial charge < -0.3 is 20.3 Å². The summed E-state index contributed by atoms with van der Waals surface area (Å²) in [5, 5.41) is 22.7. The van der Waals surface area contributed by atoms with Crippen LogP contribution in [0.1, 0.15) is 42.9 Å². The van der Waals surface area contributed by atoms with Gasteiger partial charge in [0.25, 0.3) is 0 Å². The van der Waals surface area contributed by atoms with Crippen molar-refractivity contribution in [3.8, 4) is 5.75 Å². The minimum atomic E-state index is 0.0726. The van der Waals surface area contributed by atoms with E-state index in [9.17, 15) is 10.2 Å². The summed E-state index contributed by atoms with van der Waals surface area (Å²) in [4.78, 5) is 0. The van der Waals surface area contributed by atoms with Crippen LogP contribution >= 0.6 is 0 Å². The third kappa shape index (κ3) is 3.23. The summed E-state index contributed by atoms with van der Waals surface area (Å²) in [6.45, 7) is 2.62. The van der Waals surface area contributed by atoms with Gasteiger partial charge in [-0.25, -0.2) is 0 Å². The van der Waals surface area contributed by atoms with Gasteiger partial charge in [0.1, 0.15) is 5.75 Å². The van der Waals surface area contributed by atoms with Crippen LogP contribution in [0, 0.1) is 5.41 Å². The van der Waals surface area contributed by atoms with Crippen LogP contribution in [0.25, 0.3) is 0 Å². The number of aryl methyl sites for hydroxylation is 1. The van der Waals surface area contributed by atoms with Gasteiger partial charge in [0.05, 0.1) is 6.61 Å². The highest BCUT2D eigenvalue weighted by Crippen LogP contribution is 2.35. The standard InChI is InChI=1S/C17H25NO3/c19-8-6-17(7-9-21-12-17)11-18-16-3-1-2-13-4-5-14(20)10-15(13)16/h4-5,10,16,18-20H,1-3,6-9,11-12H2. The number of aliphatic hydroxyl groups is 1. The van der Waals surface area contributed by atoms with E-state index in [1.54, 1.807) is 6.07 Å². The number of phenolic OH excluding ortho intramolecular Hbond substituents is 1. The van der Waals surface area contributed by atoms with Crippen LogP contribution in [-0.4, -0.2) is 36.6 Å². The van der Waals surface area contributed by atoms with Crippen LogP contribution in [0.4, 0.5) is 0 Å². The molecule has 1 saturated heterocycles. The molecule has 0 saturated carbocycles. The number of benzene rings is 1. The van der Waals surface area contributed by atoms with Crippen molar-refractivity contribution in [2.24, 2.45) is 5.41 Å². The number of aromatic hydroxyl groups is 1. The lowest BCUT2D eigenvalue weighted by molar-refractivity contribution is 0.121. The van der Waals surface area contributed by atoms with E-state index in [2.05, 4.69) is 5.32 Å². The lowest BCUT2D eigenvalue weighted by Crippen LogP contribution is -2.38. The second-order valence-electron chi connectivity index (χ2n) is 6.49. The van der Waals surface area contributed by atoms with Crippen molar-refractivity contribution < 1.29 is 14.9 Å². The zero-order valence-corrected chi connectivity index (χ0v) is 12.5. The first-order chi connectivity index (χ1) is 10.2. The molecule has 4 nitrogen and oxygen atoms in total. The van der Waals surface area contributed by atoms with Crippen LogP contribution in [0.3, 0.4) is 0 Å². The molecule has 3 rings (SSSR count). The highest BCUT2D eigenvalue weighted by atomic mass is 16.5. The van der Waals surface area contributed by atoms with E-state index in [0.717, 1.165) is 45.4 Å². The van der Waals surface area contributed by atoms with Gasteiger partial charge >= 0.3 is 0 Å². The molecule has 2 aliphatic rings. The molecule has 3 N–H and O–H groups in total. The number of fused-ring (bicyclic) bond motifs is 1. The average Bonchev–Trinajstić information content (AvgIpc) is 2.94. The van der Waals surface area contributed by atoms with Gasteiger partial charge in [0.2, 0.25) is 0 Å². The van der Waals surface area contributed by atoms with E-state index in [0.29, 0.717) is 11.8 Å². The molecule has 2 atom stereocenters. The second kappa shape index (κ2) is 6.34. The fraction of sp³-hybridized carbons (Fsp3) is 0.647. The quantitative estimate of drug-likeness (QED) is 0.778. The summed E-state index contributed by atoms with van der Waals surface area (Å²) in [6.07, 6.45) is 5.18. The molecule has 4 heteroatoms. The van der Waals surface area contributed by atoms with Gasteiger partial charge in [0, 0.05) is 31.2 Å². The molecule has 1 fully saturated rings. The van der Waals surface area contributed by atoms with Gasteiger partial charge in [-0.15, -0.1) is 0 Å². The topological polar surface area (TPSA) is 61.7 Å². The van der Waals surface area contributed by atoms with Crippen LogP contribution in [0.5, 0.6) is 5.75 Å². The van der Waals surface area contributed by atoms with E-state index in [1.165, 1.54) is 17.5 Å². The van der Waals surface area contributed by atoms with Crippen molar-refractivity contribution in [2.75, 3.05) is 26.4 Å². The predicted molar refractivity (Wildman–Crippen MR) is 81.4 cm³/mol. The molecule has 0 spiro atoms. The molecule has 0 amide bonds. The van der Waals surface area contributed by atoms with Crippen LogP contribution in [0.2, 0.25) is 0 Å². The number of phenols is 1. The summed E-state index contributed by atoms with van der Waals surface area (Å²) < 4.78 is 5.55. The van der Waals surface area contributed by atoms with E-state index < -0.39 is 0 Å². The second-order valence-corrected chi connectivity index (χ2v) is 6.49. The number of hydrogen-bond donors (Lipinski definition) is 3. The van der Waals surface area contributed by atoms with E-state index >= 15 is 0 Å². The molecule has 2 unspecified atom stereocenters. The van der Waals surface area contributed by atoms with Crippen molar-refractivity contribution >= 4 is 0 Å². The van der Waals surface area contributed by atoms with Crippen molar-refractivity contribution in [1.82, 2.24) is 5.32 Å². The third-order valence-corrected chi connectivity index (χ3v) is 4.99. The van der Waals surface area contributed by atoms with Crippen LogP contribution in [0.15, 0.2) is 18.2 Å². The Bertz CT molecular complexity index is 483. The molecule has 0 bridgehead atoms. The maximum absolute atomic E-state index is 9.74. The summed E-state index contributed by atoms with van der Waals surface area (Å²) in [5.41, 5.74) is 2.65. The van der Waals surface area contributed by atoms with Crippen molar-refractivity contribution in [3.63, 3.8) is 0 Å². The average molecular weight is 291 g/mol. The Labute approximate surface area is 126 Å². The normalized spacial score (nSPS) is 28.5. The Morgan fingerprint density at radius 1 is 1.38 bits per heavy atom. The largest absolute Gasteiger partial charge is 0.508 e. The maximum Gasteiger partial charge on any atom is 0.115 e. The predicted octanol–water partition coefficient (Wildman–Crippen LogP) is 2.15. The molecule has 1 aliphatic carbocycles. The Hall–Kier alpha value is -1.10. The molecule has 1 aromatic carbocycles. The van der Waals surface area contributed by atoms with Gasteiger partial charge in [0.15, 0.2) is 0 Å². The van der Waals surface area contributed by atoms with Crippen LogP contribution in [-0.2, 0) is 11.2 Å². The van der Waals surface area contributed by atoms with E-state index in [-0.39, 0.29) is 12.0 Å². The van der Waals surface area contributed by atoms with Gasteiger partial charge in [-0.3, -0.25) is 0 Å². The Morgan fingerprint density at radius 2 is 2.29 bits per heavy atom. The molecular formula is C17H25NO3. The number of ether oxygens (including phenoxy) is 1. The molecule has 1 aromatic rings. The number of rotatable bonds is 5. The number of nitrogens with one attached hydrogen (secondary N) is 1. The fourth-order valence-corrected chi connectivity index (χ4v) is 3.65. The van der Waals surface area contributed by atoms with E-state index in [4.69, 9.17) is 4.74 Å². The third-order valence-electron chi connectivity index (χ3n) is 4.99. The minimum Gasteiger partial charge on any atom is -0.508 e. The first kappa shape index (κ1) is 14.8. The Kier molecular flexibility index (Phi) is 4.48. The first-order valence-corrected chi connectivity index (χ1v) is 7.96. The van der Waals surface area contributed by atoms with Gasteiger partial charge in [-0.1, -0.05) is 6.07 Å². The smallest absolute Gasteiger partial charge is 0.115 e. The molecule has 1 aliphatic heterocycles. The monoisotopic (exact) mass is 291 g/mol. The minimum absolute atomic E-state index is 0.0726. The lowest BCUT2D eigenvalue weighted by Gasteiger charge is -2.32. The summed E-state index contributed by atoms with van der Waals surface area (Å²) >= 11 is 0. The number of aliphatic hydroxyl groups excluding tert-OH is 1. The zero-order valence-electron chi connectivity index (χ0n) is 12.5. The van der Waals surface area contributed by atoms with Gasteiger partial charge in [-0.2, -0.15) is 0 Å². The summed E-state index contributed by atoms with van der Waals surface area (Å²) in [6, 6.07) is 6.02. The molecular weight excluding hydrogens is 266 g/mol. The number of hydrogen-bond acceptors (Lipinski definition) is 4. The molecule has 21 heavy (non-hydrogen) atoms. The van der Waals surface area contributed by atoms with Crippen molar-refractivity contribution in [1.29, 1.82) is 0 Å². The van der Waals surface area contributed by atoms with E-state index in [1.807, 2.05) is 12.1 Å². The zero-order chi connectivity index (χ0) is 14.7. The first-order valence-electron chi connectivity index (χ1n) is 7.96. The summed E-state index contributed by atoms with van der Waals surface area (Å²) in [5.74, 6) is 0.344. The summed E-state index contributed by atoms with van der Waals surface area (Å²) in [7, 11) is 0. The highest BCUT2D eigenvalue weighted by molar-refractivity contribution is 5.38. The Morgan fingerprint density at radius 3 is 3.05 bits per heavy atom. The lowest BCUT2D eigenvalue weighted by atomic mass is 9.82. The highest BCUT2D eigenvalue weighted by Gasteiger charge is 2.35. The van der Waals surface area contributed by atoms with Crippen LogP contribution < -0.4 is 5.32 Å². The molecule has 0 aromatic heterocycles. The SMILES string of the molecule is OCCC1(CNC2CCCc3ccc(O)cc32)CCOC1. The molecule has 1 heterocycles. The molecule has 116 valence electrons. The fourth-order valence-electron chi connectivity index (χ4n) is 3.65. The van der Waals surface area contributed by atoms with Gasteiger partial charge in [-0.05, 0) is 55.4 Å². The van der Waals surface area contributed by atoms with Crippen molar-refractivity contribution in [2.45, 2.75) is 38.1 Å². The molecule has 0 radical (unpaired) electrons.